The van der Waals surface area contributed by atoms with E-state index in [-0.39, 0.29) is 36.8 Å². The van der Waals surface area contributed by atoms with E-state index < -0.39 is 18.2 Å². The Morgan fingerprint density at radius 1 is 1.00 bits per heavy atom. The van der Waals surface area contributed by atoms with Gasteiger partial charge in [-0.25, -0.2) is 0 Å². The topological polar surface area (TPSA) is 86.3 Å². The molecule has 10 heteroatoms. The SMILES string of the molecule is CCOC(=O)CC1OC(c2cccc(OCCCNCCCc3ccccc3)c2OC)c2cc(Cl)ccc2N(CC(C)(C)C)C1=O.Cl. The highest BCUT2D eigenvalue weighted by Gasteiger charge is 2.40. The summed E-state index contributed by atoms with van der Waals surface area (Å²) in [5.74, 6) is 0.259. The highest BCUT2D eigenvalue weighted by molar-refractivity contribution is 6.30. The predicted octanol–water partition coefficient (Wildman–Crippen LogP) is 7.58. The lowest BCUT2D eigenvalue weighted by Gasteiger charge is -2.31. The first kappa shape index (κ1) is 38.2. The summed E-state index contributed by atoms with van der Waals surface area (Å²) < 4.78 is 23.9. The van der Waals surface area contributed by atoms with E-state index in [0.29, 0.717) is 46.5 Å². The van der Waals surface area contributed by atoms with Crippen LogP contribution in [0, 0.1) is 5.41 Å². The van der Waals surface area contributed by atoms with Gasteiger partial charge in [-0.3, -0.25) is 9.59 Å². The van der Waals surface area contributed by atoms with Gasteiger partial charge in [-0.15, -0.1) is 12.4 Å². The number of fused-ring (bicyclic) bond motifs is 1. The fraction of sp³-hybridized carbons (Fsp3) is 0.459. The molecule has 1 aliphatic rings. The Morgan fingerprint density at radius 3 is 2.45 bits per heavy atom. The molecule has 8 nitrogen and oxygen atoms in total. The third-order valence-corrected chi connectivity index (χ3v) is 7.84. The molecule has 2 atom stereocenters. The van der Waals surface area contributed by atoms with Crippen molar-refractivity contribution in [2.24, 2.45) is 5.41 Å². The first-order valence-electron chi connectivity index (χ1n) is 16.1. The monoisotopic (exact) mass is 686 g/mol. The fourth-order valence-corrected chi connectivity index (χ4v) is 5.77. The third-order valence-electron chi connectivity index (χ3n) is 7.61. The van der Waals surface area contributed by atoms with Gasteiger partial charge in [0.25, 0.3) is 5.91 Å². The zero-order valence-corrected chi connectivity index (χ0v) is 29.6. The molecule has 1 aliphatic heterocycles. The molecule has 256 valence electrons. The van der Waals surface area contributed by atoms with Gasteiger partial charge < -0.3 is 29.2 Å². The molecule has 4 rings (SSSR count). The summed E-state index contributed by atoms with van der Waals surface area (Å²) >= 11 is 6.53. The fourth-order valence-electron chi connectivity index (χ4n) is 5.59. The maximum Gasteiger partial charge on any atom is 0.308 e. The standard InChI is InChI=1S/C37H47ClN2O6.ClH/c1-6-44-33(41)24-32-36(42)40(25-37(2,3)4)30-19-18-27(38)23-29(30)34(46-32)28-16-10-17-31(35(28)43-5)45-22-12-21-39-20-11-15-26-13-8-7-9-14-26;/h7-10,13-14,16-19,23,32,34,39H,6,11-12,15,20-22,24-25H2,1-5H3;1H. The molecule has 0 spiro atoms. The number of amides is 1. The number of esters is 1. The Morgan fingerprint density at radius 2 is 1.74 bits per heavy atom. The number of nitrogens with zero attached hydrogens (tertiary/aromatic N) is 1. The minimum absolute atomic E-state index is 0. The second-order valence-electron chi connectivity index (χ2n) is 12.6. The molecule has 0 fully saturated rings. The van der Waals surface area contributed by atoms with Gasteiger partial charge in [0.15, 0.2) is 11.5 Å². The van der Waals surface area contributed by atoms with Gasteiger partial charge in [-0.2, -0.15) is 0 Å². The number of carbonyl (C=O) groups excluding carboxylic acids is 2. The lowest BCUT2D eigenvalue weighted by molar-refractivity contribution is -0.151. The van der Waals surface area contributed by atoms with Crippen LogP contribution in [0.15, 0.2) is 66.7 Å². The molecular formula is C37H48Cl2N2O6. The van der Waals surface area contributed by atoms with E-state index >= 15 is 0 Å². The molecule has 0 saturated carbocycles. The summed E-state index contributed by atoms with van der Waals surface area (Å²) in [4.78, 5) is 28.4. The maximum atomic E-state index is 14.0. The van der Waals surface area contributed by atoms with Gasteiger partial charge in [0, 0.05) is 28.4 Å². The maximum absolute atomic E-state index is 14.0. The van der Waals surface area contributed by atoms with E-state index in [4.69, 9.17) is 30.5 Å². The largest absolute Gasteiger partial charge is 0.492 e. The summed E-state index contributed by atoms with van der Waals surface area (Å²) in [5.41, 5.74) is 3.16. The van der Waals surface area contributed by atoms with Crippen LogP contribution >= 0.6 is 24.0 Å². The number of aryl methyl sites for hydroxylation is 1. The Balaban J connectivity index is 0.00000600. The summed E-state index contributed by atoms with van der Waals surface area (Å²) in [6.07, 6.45) is 0.857. The molecule has 3 aromatic rings. The molecule has 0 radical (unpaired) electrons. The van der Waals surface area contributed by atoms with Crippen LogP contribution in [-0.2, 0) is 25.5 Å². The summed E-state index contributed by atoms with van der Waals surface area (Å²) in [6, 6.07) is 21.5. The van der Waals surface area contributed by atoms with E-state index in [1.54, 1.807) is 25.0 Å². The Kier molecular flexibility index (Phi) is 14.9. The molecule has 2 unspecified atom stereocenters. The number of methoxy groups -OCH3 is 1. The number of nitrogens with one attached hydrogen (secondary N) is 1. The minimum Gasteiger partial charge on any atom is -0.492 e. The van der Waals surface area contributed by atoms with Gasteiger partial charge in [0.05, 0.1) is 26.7 Å². The minimum atomic E-state index is -1.08. The van der Waals surface area contributed by atoms with Crippen molar-refractivity contribution in [3.05, 3.63) is 88.4 Å². The third kappa shape index (κ3) is 10.9. The van der Waals surface area contributed by atoms with Crippen LogP contribution in [-0.4, -0.2) is 57.9 Å². The molecule has 1 heterocycles. The molecule has 0 aromatic heterocycles. The van der Waals surface area contributed by atoms with Gasteiger partial charge in [-0.1, -0.05) is 74.8 Å². The van der Waals surface area contributed by atoms with Crippen molar-refractivity contribution < 1.29 is 28.5 Å². The number of ether oxygens (including phenoxy) is 4. The smallest absolute Gasteiger partial charge is 0.308 e. The van der Waals surface area contributed by atoms with Gasteiger partial charge in [0.2, 0.25) is 0 Å². The lowest BCUT2D eigenvalue weighted by Crippen LogP contribution is -2.44. The van der Waals surface area contributed by atoms with Crippen molar-refractivity contribution in [1.29, 1.82) is 0 Å². The molecule has 47 heavy (non-hydrogen) atoms. The van der Waals surface area contributed by atoms with E-state index in [0.717, 1.165) is 32.4 Å². The van der Waals surface area contributed by atoms with Crippen LogP contribution in [0.3, 0.4) is 0 Å². The van der Waals surface area contributed by atoms with Crippen molar-refractivity contribution in [3.8, 4) is 11.5 Å². The molecular weight excluding hydrogens is 639 g/mol. The van der Waals surface area contributed by atoms with E-state index in [2.05, 4.69) is 50.4 Å². The van der Waals surface area contributed by atoms with Crippen molar-refractivity contribution in [2.45, 2.75) is 65.6 Å². The van der Waals surface area contributed by atoms with Crippen LogP contribution in [0.1, 0.15) is 69.8 Å². The molecule has 3 aromatic carbocycles. The molecule has 0 aliphatic carbocycles. The van der Waals surface area contributed by atoms with Crippen molar-refractivity contribution >= 4 is 41.6 Å². The van der Waals surface area contributed by atoms with Crippen molar-refractivity contribution in [2.75, 3.05) is 44.9 Å². The summed E-state index contributed by atoms with van der Waals surface area (Å²) in [7, 11) is 1.59. The Hall–Kier alpha value is -3.30. The number of para-hydroxylation sites is 1. The number of carbonyl (C=O) groups is 2. The van der Waals surface area contributed by atoms with E-state index in [1.165, 1.54) is 5.56 Å². The normalized spacial score (nSPS) is 16.1. The molecule has 1 N–H and O–H groups in total. The average molecular weight is 688 g/mol. The summed E-state index contributed by atoms with van der Waals surface area (Å²) in [6.45, 7) is 10.8. The predicted molar refractivity (Wildman–Crippen MR) is 189 cm³/mol. The van der Waals surface area contributed by atoms with Crippen LogP contribution in [0.4, 0.5) is 5.69 Å². The number of halogens is 2. The average Bonchev–Trinajstić information content (AvgIpc) is 3.12. The first-order chi connectivity index (χ1) is 22.1. The van der Waals surface area contributed by atoms with Crippen LogP contribution < -0.4 is 19.7 Å². The number of hydrogen-bond acceptors (Lipinski definition) is 7. The lowest BCUT2D eigenvalue weighted by atomic mass is 9.94. The number of benzene rings is 3. The van der Waals surface area contributed by atoms with Crippen LogP contribution in [0.25, 0.3) is 0 Å². The zero-order chi connectivity index (χ0) is 33.1. The Bertz CT molecular complexity index is 1450. The van der Waals surface area contributed by atoms with Crippen molar-refractivity contribution in [1.82, 2.24) is 5.32 Å². The first-order valence-corrected chi connectivity index (χ1v) is 16.4. The highest BCUT2D eigenvalue weighted by Crippen LogP contribution is 2.45. The van der Waals surface area contributed by atoms with Gasteiger partial charge >= 0.3 is 5.97 Å². The molecule has 0 saturated heterocycles. The quantitative estimate of drug-likeness (QED) is 0.130. The van der Waals surface area contributed by atoms with E-state index in [9.17, 15) is 9.59 Å². The number of anilines is 1. The molecule has 0 bridgehead atoms. The van der Waals surface area contributed by atoms with Crippen LogP contribution in [0.2, 0.25) is 5.02 Å². The van der Waals surface area contributed by atoms with E-state index in [1.807, 2.05) is 36.4 Å². The Labute approximate surface area is 290 Å². The van der Waals surface area contributed by atoms with Gasteiger partial charge in [-0.05, 0) is 74.5 Å². The second kappa shape index (κ2) is 18.3. The highest BCUT2D eigenvalue weighted by atomic mass is 35.5. The van der Waals surface area contributed by atoms with Crippen LogP contribution in [0.5, 0.6) is 11.5 Å². The number of hydrogen-bond donors (Lipinski definition) is 1. The van der Waals surface area contributed by atoms with Crippen molar-refractivity contribution in [3.63, 3.8) is 0 Å². The second-order valence-corrected chi connectivity index (χ2v) is 13.1. The van der Waals surface area contributed by atoms with Gasteiger partial charge in [0.1, 0.15) is 12.2 Å². The summed E-state index contributed by atoms with van der Waals surface area (Å²) in [5, 5.41) is 3.99. The number of rotatable bonds is 15. The zero-order valence-electron chi connectivity index (χ0n) is 28.1. The molecule has 1 amide bonds.